The summed E-state index contributed by atoms with van der Waals surface area (Å²) in [5.41, 5.74) is 2.30. The van der Waals surface area contributed by atoms with Crippen LogP contribution in [0, 0.1) is 0 Å². The molecule has 0 amide bonds. The van der Waals surface area contributed by atoms with Gasteiger partial charge in [-0.2, -0.15) is 0 Å². The Kier molecular flexibility index (Phi) is 4.31. The lowest BCUT2D eigenvalue weighted by Crippen LogP contribution is -2.02. The van der Waals surface area contributed by atoms with Crippen molar-refractivity contribution < 1.29 is 14.6 Å². The summed E-state index contributed by atoms with van der Waals surface area (Å²) in [5.74, 6) is 0.468. The van der Waals surface area contributed by atoms with Gasteiger partial charge in [0.2, 0.25) is 0 Å². The highest BCUT2D eigenvalue weighted by Gasteiger charge is 2.09. The van der Waals surface area contributed by atoms with E-state index in [-0.39, 0.29) is 12.4 Å². The third kappa shape index (κ3) is 3.42. The summed E-state index contributed by atoms with van der Waals surface area (Å²) in [6.45, 7) is 1.83. The van der Waals surface area contributed by atoms with Crippen molar-refractivity contribution in [3.8, 4) is 5.75 Å². The summed E-state index contributed by atoms with van der Waals surface area (Å²) >= 11 is 0. The number of rotatable bonds is 5. The fraction of sp³-hybridized carbons (Fsp3) is 0.188. The molecule has 0 unspecified atom stereocenters. The molecule has 2 rings (SSSR count). The van der Waals surface area contributed by atoms with Gasteiger partial charge in [-0.3, -0.25) is 4.79 Å². The Morgan fingerprint density at radius 3 is 2.47 bits per heavy atom. The van der Waals surface area contributed by atoms with Crippen molar-refractivity contribution in [2.75, 3.05) is 0 Å². The van der Waals surface area contributed by atoms with Crippen LogP contribution in [0.1, 0.15) is 28.4 Å². The van der Waals surface area contributed by atoms with Gasteiger partial charge >= 0.3 is 0 Å². The molecule has 0 bridgehead atoms. The first-order valence-corrected chi connectivity index (χ1v) is 6.12. The molecule has 2 aromatic rings. The van der Waals surface area contributed by atoms with E-state index in [4.69, 9.17) is 9.84 Å². The molecule has 3 nitrogen and oxygen atoms in total. The molecule has 0 saturated carbocycles. The van der Waals surface area contributed by atoms with E-state index < -0.39 is 0 Å². The maximum absolute atomic E-state index is 11.5. The fourth-order valence-corrected chi connectivity index (χ4v) is 1.81. The molecule has 0 spiro atoms. The van der Waals surface area contributed by atoms with Crippen LogP contribution in [0.25, 0.3) is 0 Å². The highest BCUT2D eigenvalue weighted by molar-refractivity contribution is 5.96. The Bertz CT molecular complexity index is 561. The van der Waals surface area contributed by atoms with Crippen LogP contribution >= 0.6 is 0 Å². The molecule has 0 radical (unpaired) electrons. The molecule has 0 aliphatic carbocycles. The third-order valence-electron chi connectivity index (χ3n) is 2.85. The molecule has 2 aromatic carbocycles. The summed E-state index contributed by atoms with van der Waals surface area (Å²) < 4.78 is 5.70. The van der Waals surface area contributed by atoms with Gasteiger partial charge in [0, 0.05) is 0 Å². The standard InChI is InChI=1S/C16H16O3/c1-12(18)15-8-7-14(10-17)9-16(15)19-11-13-5-3-2-4-6-13/h2-9,17H,10-11H2,1H3. The SMILES string of the molecule is CC(=O)c1ccc(CO)cc1OCc1ccccc1. The van der Waals surface area contributed by atoms with Gasteiger partial charge in [0.25, 0.3) is 0 Å². The minimum Gasteiger partial charge on any atom is -0.488 e. The number of carbonyl (C=O) groups excluding carboxylic acids is 1. The molecule has 0 atom stereocenters. The van der Waals surface area contributed by atoms with E-state index >= 15 is 0 Å². The van der Waals surface area contributed by atoms with Crippen LogP contribution < -0.4 is 4.74 Å². The van der Waals surface area contributed by atoms with Gasteiger partial charge in [0.1, 0.15) is 12.4 Å². The molecule has 0 fully saturated rings. The highest BCUT2D eigenvalue weighted by atomic mass is 16.5. The second-order valence-electron chi connectivity index (χ2n) is 4.32. The van der Waals surface area contributed by atoms with Gasteiger partial charge in [0.05, 0.1) is 12.2 Å². The number of hydrogen-bond acceptors (Lipinski definition) is 3. The Morgan fingerprint density at radius 1 is 1.11 bits per heavy atom. The summed E-state index contributed by atoms with van der Waals surface area (Å²) in [5, 5.41) is 9.14. The zero-order valence-electron chi connectivity index (χ0n) is 10.8. The van der Waals surface area contributed by atoms with Gasteiger partial charge in [-0.15, -0.1) is 0 Å². The molecule has 0 aliphatic rings. The number of aliphatic hydroxyl groups excluding tert-OH is 1. The van der Waals surface area contributed by atoms with Crippen molar-refractivity contribution in [2.45, 2.75) is 20.1 Å². The molecule has 0 saturated heterocycles. The van der Waals surface area contributed by atoms with E-state index in [0.29, 0.717) is 17.9 Å². The second-order valence-corrected chi connectivity index (χ2v) is 4.32. The highest BCUT2D eigenvalue weighted by Crippen LogP contribution is 2.22. The number of ether oxygens (including phenoxy) is 1. The number of ketones is 1. The van der Waals surface area contributed by atoms with Crippen molar-refractivity contribution in [3.05, 3.63) is 65.2 Å². The summed E-state index contributed by atoms with van der Waals surface area (Å²) in [4.78, 5) is 11.5. The lowest BCUT2D eigenvalue weighted by molar-refractivity contribution is 0.101. The largest absolute Gasteiger partial charge is 0.488 e. The number of benzene rings is 2. The predicted molar refractivity (Wildman–Crippen MR) is 73.1 cm³/mol. The van der Waals surface area contributed by atoms with Gasteiger partial charge < -0.3 is 9.84 Å². The van der Waals surface area contributed by atoms with Crippen molar-refractivity contribution in [1.82, 2.24) is 0 Å². The summed E-state index contributed by atoms with van der Waals surface area (Å²) in [6, 6.07) is 14.9. The quantitative estimate of drug-likeness (QED) is 0.837. The lowest BCUT2D eigenvalue weighted by atomic mass is 10.1. The third-order valence-corrected chi connectivity index (χ3v) is 2.85. The minimum absolute atomic E-state index is 0.0486. The topological polar surface area (TPSA) is 46.5 Å². The molecule has 19 heavy (non-hydrogen) atoms. The molecule has 0 aliphatic heterocycles. The van der Waals surface area contributed by atoms with Gasteiger partial charge in [-0.25, -0.2) is 0 Å². The first kappa shape index (κ1) is 13.3. The van der Waals surface area contributed by atoms with E-state index in [1.165, 1.54) is 6.92 Å². The fourth-order valence-electron chi connectivity index (χ4n) is 1.81. The van der Waals surface area contributed by atoms with Gasteiger partial charge in [0.15, 0.2) is 5.78 Å². The Morgan fingerprint density at radius 2 is 1.84 bits per heavy atom. The van der Waals surface area contributed by atoms with Crippen LogP contribution in [0.2, 0.25) is 0 Å². The second kappa shape index (κ2) is 6.16. The average molecular weight is 256 g/mol. The normalized spacial score (nSPS) is 10.2. The van der Waals surface area contributed by atoms with Crippen molar-refractivity contribution in [3.63, 3.8) is 0 Å². The molecule has 1 N–H and O–H groups in total. The number of Topliss-reactive ketones (excluding diaryl/α,β-unsaturated/α-hetero) is 1. The molecule has 98 valence electrons. The molecule has 0 aromatic heterocycles. The molecular formula is C16H16O3. The van der Waals surface area contributed by atoms with Crippen LogP contribution in [-0.4, -0.2) is 10.9 Å². The van der Waals surface area contributed by atoms with Crippen LogP contribution in [-0.2, 0) is 13.2 Å². The molecule has 0 heterocycles. The van der Waals surface area contributed by atoms with Crippen LogP contribution in [0.5, 0.6) is 5.75 Å². The first-order valence-electron chi connectivity index (χ1n) is 6.12. The zero-order chi connectivity index (χ0) is 13.7. The van der Waals surface area contributed by atoms with Crippen molar-refractivity contribution >= 4 is 5.78 Å². The Hall–Kier alpha value is -2.13. The van der Waals surface area contributed by atoms with Crippen LogP contribution in [0.3, 0.4) is 0 Å². The monoisotopic (exact) mass is 256 g/mol. The van der Waals surface area contributed by atoms with Gasteiger partial charge in [-0.05, 0) is 30.2 Å². The lowest BCUT2D eigenvalue weighted by Gasteiger charge is -2.11. The average Bonchev–Trinajstić information content (AvgIpc) is 2.45. The van der Waals surface area contributed by atoms with Crippen LogP contribution in [0.15, 0.2) is 48.5 Å². The molecule has 3 heteroatoms. The van der Waals surface area contributed by atoms with Crippen LogP contribution in [0.4, 0.5) is 0 Å². The maximum Gasteiger partial charge on any atom is 0.163 e. The smallest absolute Gasteiger partial charge is 0.163 e. The Labute approximate surface area is 112 Å². The number of aliphatic hydroxyl groups is 1. The van der Waals surface area contributed by atoms with E-state index in [9.17, 15) is 4.79 Å². The van der Waals surface area contributed by atoms with Gasteiger partial charge in [-0.1, -0.05) is 36.4 Å². The Balaban J connectivity index is 2.20. The van der Waals surface area contributed by atoms with E-state index in [1.807, 2.05) is 30.3 Å². The predicted octanol–water partition coefficient (Wildman–Crippen LogP) is 2.96. The first-order chi connectivity index (χ1) is 9.20. The van der Waals surface area contributed by atoms with Crippen molar-refractivity contribution in [2.24, 2.45) is 0 Å². The molecular weight excluding hydrogens is 240 g/mol. The number of carbonyl (C=O) groups is 1. The van der Waals surface area contributed by atoms with E-state index in [2.05, 4.69) is 0 Å². The van der Waals surface area contributed by atoms with Crippen molar-refractivity contribution in [1.29, 1.82) is 0 Å². The summed E-state index contributed by atoms with van der Waals surface area (Å²) in [6.07, 6.45) is 0. The zero-order valence-corrected chi connectivity index (χ0v) is 10.8. The summed E-state index contributed by atoms with van der Waals surface area (Å²) in [7, 11) is 0. The number of hydrogen-bond donors (Lipinski definition) is 1. The van der Waals surface area contributed by atoms with E-state index in [0.717, 1.165) is 11.1 Å². The minimum atomic E-state index is -0.0696. The maximum atomic E-state index is 11.5. The van der Waals surface area contributed by atoms with E-state index in [1.54, 1.807) is 18.2 Å².